The highest BCUT2D eigenvalue weighted by Gasteiger charge is 2.51. The lowest BCUT2D eigenvalue weighted by molar-refractivity contribution is -0.131. The number of amides is 4. The molecule has 4 amide bonds. The normalized spacial score (nSPS) is 16.7. The summed E-state index contributed by atoms with van der Waals surface area (Å²) < 4.78 is 29.0. The third-order valence-electron chi connectivity index (χ3n) is 6.08. The molecular formula is C24H26F2N4O4. The molecule has 1 heterocycles. The van der Waals surface area contributed by atoms with Crippen molar-refractivity contribution in [3.63, 3.8) is 0 Å². The second kappa shape index (κ2) is 10.1. The van der Waals surface area contributed by atoms with E-state index in [9.17, 15) is 23.2 Å². The van der Waals surface area contributed by atoms with Gasteiger partial charge < -0.3 is 20.7 Å². The number of nitrogens with zero attached hydrogens (tertiary/aromatic N) is 1. The van der Waals surface area contributed by atoms with Gasteiger partial charge in [-0.05, 0) is 55.7 Å². The quantitative estimate of drug-likeness (QED) is 0.378. The molecule has 0 bridgehead atoms. The van der Waals surface area contributed by atoms with Crippen LogP contribution in [0.1, 0.15) is 42.5 Å². The van der Waals surface area contributed by atoms with E-state index in [4.69, 9.17) is 0 Å². The molecule has 1 saturated heterocycles. The molecule has 34 heavy (non-hydrogen) atoms. The fourth-order valence-electron chi connectivity index (χ4n) is 4.40. The molecule has 4 rings (SSSR count). The van der Waals surface area contributed by atoms with Gasteiger partial charge in [0, 0.05) is 18.8 Å². The van der Waals surface area contributed by atoms with Crippen LogP contribution in [0.3, 0.4) is 0 Å². The number of imide groups is 1. The number of halogens is 2. The van der Waals surface area contributed by atoms with Crippen molar-refractivity contribution in [3.05, 3.63) is 54.1 Å². The number of nitrogens with one attached hydrogen (secondary N) is 3. The third-order valence-corrected chi connectivity index (χ3v) is 6.08. The second-order valence-corrected chi connectivity index (χ2v) is 8.36. The molecule has 1 saturated carbocycles. The minimum Gasteiger partial charge on any atom is -0.435 e. The van der Waals surface area contributed by atoms with Gasteiger partial charge in [0.2, 0.25) is 0 Å². The number of hydrogen-bond donors (Lipinski definition) is 3. The monoisotopic (exact) mass is 472 g/mol. The zero-order valence-corrected chi connectivity index (χ0v) is 18.5. The summed E-state index contributed by atoms with van der Waals surface area (Å²) in [7, 11) is 0. The summed E-state index contributed by atoms with van der Waals surface area (Å²) >= 11 is 0. The molecule has 2 fully saturated rings. The van der Waals surface area contributed by atoms with Gasteiger partial charge in [-0.15, -0.1) is 0 Å². The van der Waals surface area contributed by atoms with E-state index in [1.165, 1.54) is 17.0 Å². The number of rotatable bonds is 9. The molecule has 8 nitrogen and oxygen atoms in total. The van der Waals surface area contributed by atoms with Gasteiger partial charge in [-0.2, -0.15) is 8.78 Å². The van der Waals surface area contributed by atoms with Gasteiger partial charge in [0.05, 0.1) is 11.3 Å². The Bertz CT molecular complexity index is 1060. The Labute approximate surface area is 195 Å². The Morgan fingerprint density at radius 3 is 2.50 bits per heavy atom. The van der Waals surface area contributed by atoms with Gasteiger partial charge in [-0.1, -0.05) is 25.0 Å². The van der Waals surface area contributed by atoms with E-state index >= 15 is 0 Å². The van der Waals surface area contributed by atoms with Crippen LogP contribution in [-0.2, 0) is 4.79 Å². The van der Waals surface area contributed by atoms with E-state index in [-0.39, 0.29) is 36.7 Å². The summed E-state index contributed by atoms with van der Waals surface area (Å²) in [5.74, 6) is -0.443. The van der Waals surface area contributed by atoms with Crippen molar-refractivity contribution in [1.29, 1.82) is 0 Å². The molecule has 0 aromatic heterocycles. The molecule has 0 atom stereocenters. The SMILES string of the molecule is O=C(NCCCN1C(=O)NC2(CCCC2)C1=O)c1ccccc1Nc1ccc(OC(F)F)cc1. The Hall–Kier alpha value is -3.69. The highest BCUT2D eigenvalue weighted by molar-refractivity contribution is 6.07. The minimum absolute atomic E-state index is 0.0376. The van der Waals surface area contributed by atoms with Crippen molar-refractivity contribution < 1.29 is 27.9 Å². The fourth-order valence-corrected chi connectivity index (χ4v) is 4.40. The van der Waals surface area contributed by atoms with Gasteiger partial charge in [0.1, 0.15) is 11.3 Å². The Morgan fingerprint density at radius 2 is 1.79 bits per heavy atom. The van der Waals surface area contributed by atoms with Gasteiger partial charge in [-0.3, -0.25) is 14.5 Å². The fraction of sp³-hybridized carbons (Fsp3) is 0.375. The van der Waals surface area contributed by atoms with Crippen LogP contribution in [0.25, 0.3) is 0 Å². The lowest BCUT2D eigenvalue weighted by Crippen LogP contribution is -2.44. The predicted molar refractivity (Wildman–Crippen MR) is 121 cm³/mol. The number of para-hydroxylation sites is 1. The summed E-state index contributed by atoms with van der Waals surface area (Å²) in [6, 6.07) is 12.5. The van der Waals surface area contributed by atoms with Crippen LogP contribution in [0.5, 0.6) is 5.75 Å². The average Bonchev–Trinajstić information content (AvgIpc) is 3.37. The maximum absolute atomic E-state index is 12.7. The Kier molecular flexibility index (Phi) is 6.95. The molecule has 2 aromatic carbocycles. The zero-order chi connectivity index (χ0) is 24.1. The van der Waals surface area contributed by atoms with Crippen molar-refractivity contribution in [2.75, 3.05) is 18.4 Å². The Balaban J connectivity index is 1.30. The highest BCUT2D eigenvalue weighted by Crippen LogP contribution is 2.35. The molecule has 1 aliphatic carbocycles. The van der Waals surface area contributed by atoms with E-state index in [0.29, 0.717) is 36.2 Å². The largest absolute Gasteiger partial charge is 0.435 e. The van der Waals surface area contributed by atoms with E-state index < -0.39 is 12.2 Å². The van der Waals surface area contributed by atoms with Gasteiger partial charge >= 0.3 is 12.6 Å². The maximum Gasteiger partial charge on any atom is 0.387 e. The molecule has 1 aliphatic heterocycles. The number of urea groups is 1. The highest BCUT2D eigenvalue weighted by atomic mass is 19.3. The molecule has 2 aliphatic rings. The topological polar surface area (TPSA) is 99.8 Å². The number of carbonyl (C=O) groups is 3. The summed E-state index contributed by atoms with van der Waals surface area (Å²) in [5.41, 5.74) is 0.811. The predicted octanol–water partition coefficient (Wildman–Crippen LogP) is 4.02. The number of benzene rings is 2. The van der Waals surface area contributed by atoms with Crippen LogP contribution in [-0.4, -0.2) is 48.0 Å². The van der Waals surface area contributed by atoms with Crippen LogP contribution in [0.2, 0.25) is 0 Å². The number of anilines is 2. The minimum atomic E-state index is -2.90. The molecule has 2 aromatic rings. The van der Waals surface area contributed by atoms with Crippen LogP contribution in [0, 0.1) is 0 Å². The first-order chi connectivity index (χ1) is 16.4. The number of hydrogen-bond acceptors (Lipinski definition) is 5. The Morgan fingerprint density at radius 1 is 1.09 bits per heavy atom. The smallest absolute Gasteiger partial charge is 0.387 e. The number of ether oxygens (including phenoxy) is 1. The molecule has 3 N–H and O–H groups in total. The van der Waals surface area contributed by atoms with Crippen LogP contribution in [0.4, 0.5) is 25.0 Å². The summed E-state index contributed by atoms with van der Waals surface area (Å²) in [6.07, 6.45) is 3.64. The van der Waals surface area contributed by atoms with Gasteiger partial charge in [-0.25, -0.2) is 4.79 Å². The van der Waals surface area contributed by atoms with Crippen molar-refractivity contribution in [2.45, 2.75) is 44.3 Å². The van der Waals surface area contributed by atoms with Crippen LogP contribution in [0.15, 0.2) is 48.5 Å². The third kappa shape index (κ3) is 5.11. The van der Waals surface area contributed by atoms with E-state index in [2.05, 4.69) is 20.7 Å². The second-order valence-electron chi connectivity index (χ2n) is 8.36. The first kappa shape index (κ1) is 23.5. The zero-order valence-electron chi connectivity index (χ0n) is 18.5. The molecular weight excluding hydrogens is 446 g/mol. The van der Waals surface area contributed by atoms with E-state index in [1.807, 2.05) is 0 Å². The molecule has 1 spiro atoms. The lowest BCUT2D eigenvalue weighted by Gasteiger charge is -2.20. The lowest BCUT2D eigenvalue weighted by atomic mass is 9.98. The van der Waals surface area contributed by atoms with Crippen molar-refractivity contribution >= 4 is 29.2 Å². The molecule has 0 radical (unpaired) electrons. The van der Waals surface area contributed by atoms with Gasteiger partial charge in [0.25, 0.3) is 11.8 Å². The molecule has 10 heteroatoms. The molecule has 0 unspecified atom stereocenters. The van der Waals surface area contributed by atoms with Gasteiger partial charge in [0.15, 0.2) is 0 Å². The number of carbonyl (C=O) groups excluding carboxylic acids is 3. The first-order valence-electron chi connectivity index (χ1n) is 11.2. The van der Waals surface area contributed by atoms with Crippen LogP contribution >= 0.6 is 0 Å². The maximum atomic E-state index is 12.7. The number of alkyl halides is 2. The summed E-state index contributed by atoms with van der Waals surface area (Å²) in [5, 5.41) is 8.76. The van der Waals surface area contributed by atoms with E-state index in [1.54, 1.807) is 36.4 Å². The van der Waals surface area contributed by atoms with E-state index in [0.717, 1.165) is 12.8 Å². The van der Waals surface area contributed by atoms with Crippen molar-refractivity contribution in [1.82, 2.24) is 15.5 Å². The first-order valence-corrected chi connectivity index (χ1v) is 11.2. The average molecular weight is 472 g/mol. The molecule has 180 valence electrons. The van der Waals surface area contributed by atoms with Crippen molar-refractivity contribution in [2.24, 2.45) is 0 Å². The van der Waals surface area contributed by atoms with Crippen molar-refractivity contribution in [3.8, 4) is 5.75 Å². The summed E-state index contributed by atoms with van der Waals surface area (Å²) in [4.78, 5) is 38.9. The standard InChI is InChI=1S/C24H26F2N4O4/c25-22(26)34-17-10-8-16(9-11-17)28-19-7-2-1-6-18(19)20(31)27-14-5-15-30-21(32)24(29-23(30)33)12-3-4-13-24/h1-2,6-11,22,28H,3-5,12-15H2,(H,27,31)(H,29,33). The van der Waals surface area contributed by atoms with Crippen LogP contribution < -0.4 is 20.7 Å². The summed E-state index contributed by atoms with van der Waals surface area (Å²) in [6.45, 7) is -2.37.